The Morgan fingerprint density at radius 1 is 0.788 bits per heavy atom. The third-order valence-electron chi connectivity index (χ3n) is 5.09. The molecule has 5 aromatic rings. The van der Waals surface area contributed by atoms with E-state index in [1.807, 2.05) is 103 Å². The minimum atomic E-state index is 0.572. The Kier molecular flexibility index (Phi) is 5.59. The van der Waals surface area contributed by atoms with Crippen LogP contribution in [0.5, 0.6) is 5.75 Å². The van der Waals surface area contributed by atoms with Gasteiger partial charge < -0.3 is 15.4 Å². The minimum absolute atomic E-state index is 0.572. The highest BCUT2D eigenvalue weighted by Gasteiger charge is 2.15. The molecule has 0 aliphatic heterocycles. The Labute approximate surface area is 192 Å². The van der Waals surface area contributed by atoms with Crippen LogP contribution in [0.4, 0.5) is 23.1 Å². The summed E-state index contributed by atoms with van der Waals surface area (Å²) in [7, 11) is 0. The first-order valence-electron chi connectivity index (χ1n) is 10.9. The van der Waals surface area contributed by atoms with Gasteiger partial charge in [0, 0.05) is 6.07 Å². The number of ether oxygens (including phenoxy) is 1. The van der Waals surface area contributed by atoms with Gasteiger partial charge in [-0.25, -0.2) is 14.6 Å². The number of fused-ring (bicyclic) bond motifs is 1. The SMILES string of the molecule is CCOc1ccccc1Nc1nc2ccccc2nc1Nc1cc(C)nn1-c1ccccc1. The maximum absolute atomic E-state index is 5.79. The molecule has 33 heavy (non-hydrogen) atoms. The van der Waals surface area contributed by atoms with Crippen molar-refractivity contribution in [1.82, 2.24) is 19.7 Å². The third-order valence-corrected chi connectivity index (χ3v) is 5.09. The summed E-state index contributed by atoms with van der Waals surface area (Å²) in [6.45, 7) is 4.50. The predicted octanol–water partition coefficient (Wildman–Crippen LogP) is 6.01. The van der Waals surface area contributed by atoms with E-state index in [1.54, 1.807) is 0 Å². The molecular formula is C26H24N6O. The van der Waals surface area contributed by atoms with Gasteiger partial charge in [0.15, 0.2) is 11.6 Å². The highest BCUT2D eigenvalue weighted by molar-refractivity contribution is 5.84. The Morgan fingerprint density at radius 3 is 2.15 bits per heavy atom. The number of aromatic nitrogens is 4. The molecule has 0 spiro atoms. The molecule has 0 saturated heterocycles. The smallest absolute Gasteiger partial charge is 0.175 e. The van der Waals surface area contributed by atoms with E-state index in [4.69, 9.17) is 14.7 Å². The molecule has 2 aromatic heterocycles. The molecule has 0 fully saturated rings. The summed E-state index contributed by atoms with van der Waals surface area (Å²) in [5.74, 6) is 2.74. The lowest BCUT2D eigenvalue weighted by atomic mass is 10.2. The first-order chi connectivity index (χ1) is 16.2. The van der Waals surface area contributed by atoms with E-state index in [9.17, 15) is 0 Å². The second kappa shape index (κ2) is 9.00. The molecule has 0 aliphatic rings. The Balaban J connectivity index is 1.59. The summed E-state index contributed by atoms with van der Waals surface area (Å²) in [5, 5.41) is 11.5. The summed E-state index contributed by atoms with van der Waals surface area (Å²) in [6, 6.07) is 27.6. The number of aryl methyl sites for hydroxylation is 1. The van der Waals surface area contributed by atoms with E-state index in [0.717, 1.165) is 39.7 Å². The van der Waals surface area contributed by atoms with Crippen LogP contribution in [0.2, 0.25) is 0 Å². The lowest BCUT2D eigenvalue weighted by Crippen LogP contribution is -2.07. The van der Waals surface area contributed by atoms with Crippen LogP contribution in [0.3, 0.4) is 0 Å². The zero-order valence-electron chi connectivity index (χ0n) is 18.5. The van der Waals surface area contributed by atoms with Gasteiger partial charge in [0.25, 0.3) is 0 Å². The summed E-state index contributed by atoms with van der Waals surface area (Å²) in [4.78, 5) is 9.72. The molecule has 0 radical (unpaired) electrons. The van der Waals surface area contributed by atoms with Gasteiger partial charge in [-0.05, 0) is 50.2 Å². The lowest BCUT2D eigenvalue weighted by Gasteiger charge is -2.16. The summed E-state index contributed by atoms with van der Waals surface area (Å²) in [5.41, 5.74) is 4.27. The number of nitrogens with zero attached hydrogens (tertiary/aromatic N) is 4. The van der Waals surface area contributed by atoms with E-state index < -0.39 is 0 Å². The Hall–Kier alpha value is -4.39. The number of nitrogens with one attached hydrogen (secondary N) is 2. The number of anilines is 4. The van der Waals surface area contributed by atoms with Crippen LogP contribution in [0.1, 0.15) is 12.6 Å². The third kappa shape index (κ3) is 4.34. The summed E-state index contributed by atoms with van der Waals surface area (Å²) >= 11 is 0. The molecule has 0 aliphatic carbocycles. The van der Waals surface area contributed by atoms with Gasteiger partial charge >= 0.3 is 0 Å². The summed E-state index contributed by atoms with van der Waals surface area (Å²) < 4.78 is 7.66. The highest BCUT2D eigenvalue weighted by Crippen LogP contribution is 2.32. The van der Waals surface area contributed by atoms with E-state index in [2.05, 4.69) is 15.7 Å². The van der Waals surface area contributed by atoms with Crippen molar-refractivity contribution in [3.8, 4) is 11.4 Å². The Bertz CT molecular complexity index is 1400. The first-order valence-corrected chi connectivity index (χ1v) is 10.9. The van der Waals surface area contributed by atoms with Gasteiger partial charge in [0.2, 0.25) is 0 Å². The molecule has 0 bridgehead atoms. The van der Waals surface area contributed by atoms with Crippen molar-refractivity contribution in [2.24, 2.45) is 0 Å². The van der Waals surface area contributed by atoms with Crippen LogP contribution in [-0.2, 0) is 0 Å². The highest BCUT2D eigenvalue weighted by atomic mass is 16.5. The van der Waals surface area contributed by atoms with Crippen molar-refractivity contribution in [1.29, 1.82) is 0 Å². The van der Waals surface area contributed by atoms with E-state index in [-0.39, 0.29) is 0 Å². The standard InChI is InChI=1S/C26H24N6O/c1-3-33-23-16-10-9-15-22(23)29-25-26(28-21-14-8-7-13-20(21)27-25)30-24-17-18(2)31-32(24)19-11-5-4-6-12-19/h4-17H,3H2,1-2H3,(H,27,29)(H,28,30). The number of rotatable bonds is 7. The lowest BCUT2D eigenvalue weighted by molar-refractivity contribution is 0.342. The van der Waals surface area contributed by atoms with E-state index >= 15 is 0 Å². The van der Waals surface area contributed by atoms with Crippen LogP contribution in [0.25, 0.3) is 16.7 Å². The molecule has 7 nitrogen and oxygen atoms in total. The molecule has 0 atom stereocenters. The zero-order chi connectivity index (χ0) is 22.6. The second-order valence-corrected chi connectivity index (χ2v) is 7.51. The maximum Gasteiger partial charge on any atom is 0.175 e. The number of para-hydroxylation sites is 5. The molecule has 5 rings (SSSR count). The molecule has 2 heterocycles. The second-order valence-electron chi connectivity index (χ2n) is 7.51. The van der Waals surface area contributed by atoms with Gasteiger partial charge in [0.05, 0.1) is 34.7 Å². The van der Waals surface area contributed by atoms with Crippen molar-refractivity contribution in [2.45, 2.75) is 13.8 Å². The largest absolute Gasteiger partial charge is 0.492 e. The number of hydrogen-bond donors (Lipinski definition) is 2. The van der Waals surface area contributed by atoms with Crippen molar-refractivity contribution < 1.29 is 4.74 Å². The molecule has 2 N–H and O–H groups in total. The summed E-state index contributed by atoms with van der Waals surface area (Å²) in [6.07, 6.45) is 0. The van der Waals surface area contributed by atoms with Crippen LogP contribution in [0, 0.1) is 6.92 Å². The van der Waals surface area contributed by atoms with Gasteiger partial charge in [-0.15, -0.1) is 0 Å². The van der Waals surface area contributed by atoms with Crippen LogP contribution in [0.15, 0.2) is 84.9 Å². The van der Waals surface area contributed by atoms with Gasteiger partial charge in [-0.1, -0.05) is 42.5 Å². The fourth-order valence-corrected chi connectivity index (χ4v) is 3.63. The fourth-order valence-electron chi connectivity index (χ4n) is 3.63. The zero-order valence-corrected chi connectivity index (χ0v) is 18.5. The average molecular weight is 437 g/mol. The van der Waals surface area contributed by atoms with E-state index in [1.165, 1.54) is 0 Å². The minimum Gasteiger partial charge on any atom is -0.492 e. The quantitative estimate of drug-likeness (QED) is 0.325. The maximum atomic E-state index is 5.79. The molecular weight excluding hydrogens is 412 g/mol. The molecule has 3 aromatic carbocycles. The topological polar surface area (TPSA) is 76.9 Å². The molecule has 0 unspecified atom stereocenters. The van der Waals surface area contributed by atoms with Crippen molar-refractivity contribution in [3.05, 3.63) is 90.6 Å². The van der Waals surface area contributed by atoms with Crippen LogP contribution < -0.4 is 15.4 Å². The van der Waals surface area contributed by atoms with Crippen LogP contribution >= 0.6 is 0 Å². The average Bonchev–Trinajstić information content (AvgIpc) is 3.21. The van der Waals surface area contributed by atoms with Crippen molar-refractivity contribution in [3.63, 3.8) is 0 Å². The molecule has 0 amide bonds. The first kappa shape index (κ1) is 20.5. The predicted molar refractivity (Wildman–Crippen MR) is 132 cm³/mol. The normalized spacial score (nSPS) is 10.8. The Morgan fingerprint density at radius 2 is 1.42 bits per heavy atom. The van der Waals surface area contributed by atoms with Crippen molar-refractivity contribution >= 4 is 34.2 Å². The monoisotopic (exact) mass is 436 g/mol. The van der Waals surface area contributed by atoms with Crippen LogP contribution in [-0.4, -0.2) is 26.4 Å². The van der Waals surface area contributed by atoms with Gasteiger partial charge in [0.1, 0.15) is 11.6 Å². The molecule has 7 heteroatoms. The van der Waals surface area contributed by atoms with E-state index in [0.29, 0.717) is 18.2 Å². The number of hydrogen-bond acceptors (Lipinski definition) is 6. The molecule has 0 saturated carbocycles. The fraction of sp³-hybridized carbons (Fsp3) is 0.115. The number of benzene rings is 3. The van der Waals surface area contributed by atoms with Crippen molar-refractivity contribution in [2.75, 3.05) is 17.2 Å². The van der Waals surface area contributed by atoms with Gasteiger partial charge in [-0.3, -0.25) is 0 Å². The van der Waals surface area contributed by atoms with Gasteiger partial charge in [-0.2, -0.15) is 5.10 Å². The molecule has 164 valence electrons.